The molecule has 0 N–H and O–H groups in total. The first-order chi connectivity index (χ1) is 5.11. The summed E-state index contributed by atoms with van der Waals surface area (Å²) < 4.78 is 0. The molecular formula is C9H15NSi. The van der Waals surface area contributed by atoms with Crippen LogP contribution in [0, 0.1) is 6.92 Å². The summed E-state index contributed by atoms with van der Waals surface area (Å²) in [5.41, 5.74) is 2.71. The number of aryl methyl sites for hydroxylation is 1. The maximum absolute atomic E-state index is 2.24. The van der Waals surface area contributed by atoms with E-state index >= 15 is 0 Å². The smallest absolute Gasteiger partial charge is 0.0388 e. The standard InChI is InChI=1S/C9H15NSi/c1-7-6-8(10(2)3)4-5-9(7)11/h4-6H,1-3,11H3. The van der Waals surface area contributed by atoms with Gasteiger partial charge in [0.2, 0.25) is 0 Å². The van der Waals surface area contributed by atoms with Gasteiger partial charge >= 0.3 is 0 Å². The van der Waals surface area contributed by atoms with Gasteiger partial charge in [-0.05, 0) is 19.1 Å². The Labute approximate surface area is 71.5 Å². The van der Waals surface area contributed by atoms with Crippen molar-refractivity contribution in [2.45, 2.75) is 6.92 Å². The van der Waals surface area contributed by atoms with Crippen LogP contribution >= 0.6 is 0 Å². The quantitative estimate of drug-likeness (QED) is 0.532. The van der Waals surface area contributed by atoms with Crippen molar-refractivity contribution in [3.8, 4) is 0 Å². The Kier molecular flexibility index (Phi) is 2.34. The molecule has 2 heteroatoms. The van der Waals surface area contributed by atoms with E-state index in [4.69, 9.17) is 0 Å². The molecule has 0 aliphatic carbocycles. The Morgan fingerprint density at radius 3 is 2.36 bits per heavy atom. The molecule has 0 radical (unpaired) electrons. The minimum atomic E-state index is 1.15. The second-order valence-electron chi connectivity index (χ2n) is 3.16. The molecule has 60 valence electrons. The Balaban J connectivity index is 3.05. The van der Waals surface area contributed by atoms with Gasteiger partial charge in [-0.3, -0.25) is 0 Å². The normalized spacial score (nSPS) is 10.1. The SMILES string of the molecule is Cc1cc(N(C)C)ccc1[SiH3]. The zero-order chi connectivity index (χ0) is 8.43. The number of benzene rings is 1. The van der Waals surface area contributed by atoms with Gasteiger partial charge in [0.25, 0.3) is 0 Å². The minimum Gasteiger partial charge on any atom is -0.378 e. The van der Waals surface area contributed by atoms with Crippen molar-refractivity contribution in [3.63, 3.8) is 0 Å². The van der Waals surface area contributed by atoms with Crippen molar-refractivity contribution in [1.82, 2.24) is 0 Å². The van der Waals surface area contributed by atoms with Gasteiger partial charge in [0.15, 0.2) is 0 Å². The van der Waals surface area contributed by atoms with E-state index in [-0.39, 0.29) is 0 Å². The molecule has 0 aromatic heterocycles. The van der Waals surface area contributed by atoms with Gasteiger partial charge in [-0.1, -0.05) is 16.8 Å². The minimum absolute atomic E-state index is 1.15. The third kappa shape index (κ3) is 1.83. The van der Waals surface area contributed by atoms with Crippen LogP contribution in [0.25, 0.3) is 0 Å². The fraction of sp³-hybridized carbons (Fsp3) is 0.333. The highest BCUT2D eigenvalue weighted by molar-refractivity contribution is 6.33. The Morgan fingerprint density at radius 2 is 1.91 bits per heavy atom. The Morgan fingerprint density at radius 1 is 1.27 bits per heavy atom. The number of hydrogen-bond donors (Lipinski definition) is 0. The number of rotatable bonds is 1. The van der Waals surface area contributed by atoms with Crippen molar-refractivity contribution in [1.29, 1.82) is 0 Å². The topological polar surface area (TPSA) is 3.24 Å². The molecular weight excluding hydrogens is 150 g/mol. The van der Waals surface area contributed by atoms with E-state index in [1.807, 2.05) is 0 Å². The van der Waals surface area contributed by atoms with E-state index in [2.05, 4.69) is 44.1 Å². The molecule has 1 aromatic carbocycles. The summed E-state index contributed by atoms with van der Waals surface area (Å²) in [6.45, 7) is 2.18. The van der Waals surface area contributed by atoms with E-state index in [1.165, 1.54) is 16.4 Å². The highest BCUT2D eigenvalue weighted by Crippen LogP contribution is 2.10. The van der Waals surface area contributed by atoms with E-state index in [9.17, 15) is 0 Å². The molecule has 0 unspecified atom stereocenters. The van der Waals surface area contributed by atoms with Crippen LogP contribution in [0.1, 0.15) is 5.56 Å². The molecule has 1 aromatic rings. The van der Waals surface area contributed by atoms with Gasteiger partial charge in [0, 0.05) is 30.0 Å². The zero-order valence-electron chi connectivity index (χ0n) is 7.68. The first-order valence-corrected chi connectivity index (χ1v) is 4.86. The van der Waals surface area contributed by atoms with E-state index < -0.39 is 0 Å². The lowest BCUT2D eigenvalue weighted by molar-refractivity contribution is 1.13. The van der Waals surface area contributed by atoms with Crippen molar-refractivity contribution < 1.29 is 0 Å². The van der Waals surface area contributed by atoms with Crippen LogP contribution in [0.3, 0.4) is 0 Å². The van der Waals surface area contributed by atoms with Crippen LogP contribution in [0.5, 0.6) is 0 Å². The molecule has 11 heavy (non-hydrogen) atoms. The van der Waals surface area contributed by atoms with E-state index in [0.29, 0.717) is 0 Å². The molecule has 1 nitrogen and oxygen atoms in total. The number of hydrogen-bond acceptors (Lipinski definition) is 1. The highest BCUT2D eigenvalue weighted by atomic mass is 28.1. The van der Waals surface area contributed by atoms with Gasteiger partial charge < -0.3 is 4.90 Å². The van der Waals surface area contributed by atoms with Gasteiger partial charge in [-0.25, -0.2) is 0 Å². The average molecular weight is 165 g/mol. The van der Waals surface area contributed by atoms with E-state index in [1.54, 1.807) is 0 Å². The Bertz CT molecular complexity index is 256. The summed E-state index contributed by atoms with van der Waals surface area (Å²) in [6, 6.07) is 6.63. The lowest BCUT2D eigenvalue weighted by atomic mass is 10.2. The fourth-order valence-electron chi connectivity index (χ4n) is 1.00. The molecule has 1 rings (SSSR count). The van der Waals surface area contributed by atoms with Crippen molar-refractivity contribution in [3.05, 3.63) is 23.8 Å². The van der Waals surface area contributed by atoms with Gasteiger partial charge in [-0.15, -0.1) is 0 Å². The predicted octanol–water partition coefficient (Wildman–Crippen LogP) is 0.0517. The van der Waals surface area contributed by atoms with Crippen LogP contribution in [0.2, 0.25) is 0 Å². The molecule has 0 saturated heterocycles. The fourth-order valence-corrected chi connectivity index (χ4v) is 1.31. The molecule has 0 fully saturated rings. The van der Waals surface area contributed by atoms with Crippen LogP contribution < -0.4 is 10.1 Å². The molecule has 0 aliphatic rings. The summed E-state index contributed by atoms with van der Waals surface area (Å²) in [4.78, 5) is 2.13. The van der Waals surface area contributed by atoms with Crippen LogP contribution in [-0.4, -0.2) is 24.3 Å². The molecule has 0 heterocycles. The molecule has 0 aliphatic heterocycles. The van der Waals surface area contributed by atoms with E-state index in [0.717, 1.165) is 10.2 Å². The maximum Gasteiger partial charge on any atom is 0.0388 e. The van der Waals surface area contributed by atoms with Gasteiger partial charge in [-0.2, -0.15) is 0 Å². The lowest BCUT2D eigenvalue weighted by Gasteiger charge is -2.13. The number of anilines is 1. The summed E-state index contributed by atoms with van der Waals surface area (Å²) in [5, 5.41) is 1.50. The van der Waals surface area contributed by atoms with Crippen LogP contribution in [-0.2, 0) is 0 Å². The first-order valence-electron chi connectivity index (χ1n) is 3.86. The molecule has 0 bridgehead atoms. The first kappa shape index (κ1) is 8.33. The largest absolute Gasteiger partial charge is 0.378 e. The molecule has 0 atom stereocenters. The van der Waals surface area contributed by atoms with Gasteiger partial charge in [0.05, 0.1) is 0 Å². The predicted molar refractivity (Wildman–Crippen MR) is 55.1 cm³/mol. The third-order valence-corrected chi connectivity index (χ3v) is 3.13. The lowest BCUT2D eigenvalue weighted by Crippen LogP contribution is -2.12. The monoisotopic (exact) mass is 165 g/mol. The summed E-state index contributed by atoms with van der Waals surface area (Å²) in [6.07, 6.45) is 0. The van der Waals surface area contributed by atoms with Crippen LogP contribution in [0.4, 0.5) is 5.69 Å². The average Bonchev–Trinajstić information content (AvgIpc) is 1.94. The highest BCUT2D eigenvalue weighted by Gasteiger charge is 1.96. The summed E-state index contributed by atoms with van der Waals surface area (Å²) in [7, 11) is 5.29. The van der Waals surface area contributed by atoms with Crippen molar-refractivity contribution >= 4 is 21.1 Å². The second kappa shape index (κ2) is 3.09. The molecule has 0 spiro atoms. The Hall–Kier alpha value is -0.763. The molecule has 0 saturated carbocycles. The summed E-state index contributed by atoms with van der Waals surface area (Å²) in [5.74, 6) is 0. The van der Waals surface area contributed by atoms with Crippen molar-refractivity contribution in [2.75, 3.05) is 19.0 Å². The van der Waals surface area contributed by atoms with Crippen LogP contribution in [0.15, 0.2) is 18.2 Å². The third-order valence-electron chi connectivity index (χ3n) is 2.01. The molecule has 0 amide bonds. The maximum atomic E-state index is 2.24. The van der Waals surface area contributed by atoms with Gasteiger partial charge in [0.1, 0.15) is 0 Å². The zero-order valence-corrected chi connectivity index (χ0v) is 9.68. The van der Waals surface area contributed by atoms with Crippen molar-refractivity contribution in [2.24, 2.45) is 0 Å². The summed E-state index contributed by atoms with van der Waals surface area (Å²) >= 11 is 0. The second-order valence-corrected chi connectivity index (χ2v) is 4.24. The number of nitrogens with zero attached hydrogens (tertiary/aromatic N) is 1.